The van der Waals surface area contributed by atoms with Gasteiger partial charge in [-0.15, -0.1) is 0 Å². The smallest absolute Gasteiger partial charge is 0.167 e. The maximum atomic E-state index is 9.96. The van der Waals surface area contributed by atoms with Crippen molar-refractivity contribution >= 4 is 6.29 Å². The first-order valence-electron chi connectivity index (χ1n) is 2.35. The third-order valence-corrected chi connectivity index (χ3v) is 0.715. The van der Waals surface area contributed by atoms with Crippen LogP contribution < -0.4 is 10.6 Å². The molecule has 0 unspecified atom stereocenters. The Morgan fingerprint density at radius 2 is 2.12 bits per heavy atom. The number of allylic oxidation sites excluding steroid dienone is 1. The van der Waals surface area contributed by atoms with Crippen molar-refractivity contribution in [3.63, 3.8) is 0 Å². The van der Waals surface area contributed by atoms with Crippen LogP contribution in [0.2, 0.25) is 0 Å². The lowest BCUT2D eigenvalue weighted by Gasteiger charge is -1.94. The number of carbonyl (C=O) groups excluding carboxylic acids is 1. The highest BCUT2D eigenvalue weighted by Crippen LogP contribution is 1.73. The molecule has 0 aromatic carbocycles. The van der Waals surface area contributed by atoms with Crippen molar-refractivity contribution in [2.24, 2.45) is 0 Å². The van der Waals surface area contributed by atoms with E-state index in [1.54, 1.807) is 20.3 Å². The molecule has 3 nitrogen and oxygen atoms in total. The largest absolute Gasteiger partial charge is 0.392 e. The van der Waals surface area contributed by atoms with Gasteiger partial charge >= 0.3 is 0 Å². The number of likely N-dealkylation sites (N-methyl/N-ethyl adjacent to an activating group) is 1. The molecule has 0 spiro atoms. The van der Waals surface area contributed by atoms with Crippen LogP contribution in [-0.2, 0) is 4.79 Å². The van der Waals surface area contributed by atoms with Gasteiger partial charge in [0.25, 0.3) is 0 Å². The van der Waals surface area contributed by atoms with Crippen LogP contribution >= 0.6 is 0 Å². The Balaban J connectivity index is 3.66. The number of aldehydes is 1. The Bertz CT molecular complexity index is 98.6. The SMILES string of the molecule is CN/C=C(/C=O)NC. The molecule has 8 heavy (non-hydrogen) atoms. The lowest BCUT2D eigenvalue weighted by molar-refractivity contribution is -0.105. The van der Waals surface area contributed by atoms with Gasteiger partial charge in [-0.3, -0.25) is 4.79 Å². The van der Waals surface area contributed by atoms with Gasteiger partial charge < -0.3 is 10.6 Å². The Morgan fingerprint density at radius 1 is 1.50 bits per heavy atom. The molecule has 0 saturated heterocycles. The summed E-state index contributed by atoms with van der Waals surface area (Å²) in [4.78, 5) is 9.96. The topological polar surface area (TPSA) is 41.1 Å². The van der Waals surface area contributed by atoms with Crippen LogP contribution in [0.3, 0.4) is 0 Å². The maximum absolute atomic E-state index is 9.96. The molecule has 0 rings (SSSR count). The van der Waals surface area contributed by atoms with Crippen molar-refractivity contribution in [2.75, 3.05) is 14.1 Å². The number of nitrogens with one attached hydrogen (secondary N) is 2. The normalized spacial score (nSPS) is 10.5. The highest BCUT2D eigenvalue weighted by Gasteiger charge is 1.82. The Hall–Kier alpha value is -0.990. The fourth-order valence-corrected chi connectivity index (χ4v) is 0.321. The summed E-state index contributed by atoms with van der Waals surface area (Å²) >= 11 is 0. The molecule has 0 aliphatic heterocycles. The highest BCUT2D eigenvalue weighted by atomic mass is 16.1. The van der Waals surface area contributed by atoms with Gasteiger partial charge in [0.05, 0.1) is 5.70 Å². The van der Waals surface area contributed by atoms with E-state index in [0.29, 0.717) is 5.70 Å². The molecule has 0 aliphatic rings. The first kappa shape index (κ1) is 7.01. The number of hydrogen-bond donors (Lipinski definition) is 2. The van der Waals surface area contributed by atoms with E-state index in [1.807, 2.05) is 0 Å². The third kappa shape index (κ3) is 2.23. The minimum absolute atomic E-state index is 0.549. The minimum Gasteiger partial charge on any atom is -0.392 e. The molecule has 0 aromatic rings. The fraction of sp³-hybridized carbons (Fsp3) is 0.400. The molecule has 2 N–H and O–H groups in total. The Kier molecular flexibility index (Phi) is 3.66. The zero-order chi connectivity index (χ0) is 6.41. The van der Waals surface area contributed by atoms with Crippen LogP contribution in [0.4, 0.5) is 0 Å². The van der Waals surface area contributed by atoms with Gasteiger partial charge in [0, 0.05) is 20.3 Å². The van der Waals surface area contributed by atoms with Gasteiger partial charge in [0.15, 0.2) is 6.29 Å². The summed E-state index contributed by atoms with van der Waals surface area (Å²) in [6, 6.07) is 0. The van der Waals surface area contributed by atoms with Gasteiger partial charge in [0.2, 0.25) is 0 Å². The van der Waals surface area contributed by atoms with E-state index < -0.39 is 0 Å². The Morgan fingerprint density at radius 3 is 2.25 bits per heavy atom. The lowest BCUT2D eigenvalue weighted by atomic mass is 10.5. The van der Waals surface area contributed by atoms with E-state index in [1.165, 1.54) is 0 Å². The summed E-state index contributed by atoms with van der Waals surface area (Å²) in [7, 11) is 3.43. The molecule has 0 bridgehead atoms. The average molecular weight is 114 g/mol. The summed E-state index contributed by atoms with van der Waals surface area (Å²) < 4.78 is 0. The molecular formula is C5H10N2O. The monoisotopic (exact) mass is 114 g/mol. The molecule has 0 radical (unpaired) electrons. The maximum Gasteiger partial charge on any atom is 0.167 e. The predicted octanol–water partition coefficient (Wildman–Crippen LogP) is -0.535. The zero-order valence-electron chi connectivity index (χ0n) is 5.06. The average Bonchev–Trinajstić information content (AvgIpc) is 1.83. The number of carbonyl (C=O) groups is 1. The van der Waals surface area contributed by atoms with Crippen LogP contribution in [0, 0.1) is 0 Å². The van der Waals surface area contributed by atoms with E-state index in [4.69, 9.17) is 0 Å². The summed E-state index contributed by atoms with van der Waals surface area (Å²) in [5, 5.41) is 5.40. The van der Waals surface area contributed by atoms with Gasteiger partial charge in [-0.25, -0.2) is 0 Å². The molecule has 0 amide bonds. The van der Waals surface area contributed by atoms with E-state index in [0.717, 1.165) is 6.29 Å². The van der Waals surface area contributed by atoms with Crippen LogP contribution in [0.25, 0.3) is 0 Å². The van der Waals surface area contributed by atoms with Gasteiger partial charge in [-0.05, 0) is 0 Å². The zero-order valence-corrected chi connectivity index (χ0v) is 5.06. The third-order valence-electron chi connectivity index (χ3n) is 0.715. The van der Waals surface area contributed by atoms with E-state index in [-0.39, 0.29) is 0 Å². The highest BCUT2D eigenvalue weighted by molar-refractivity contribution is 5.71. The van der Waals surface area contributed by atoms with Crippen LogP contribution in [0.1, 0.15) is 0 Å². The van der Waals surface area contributed by atoms with Crippen LogP contribution in [0.5, 0.6) is 0 Å². The van der Waals surface area contributed by atoms with Crippen molar-refractivity contribution in [3.8, 4) is 0 Å². The molecule has 46 valence electrons. The summed E-state index contributed by atoms with van der Waals surface area (Å²) in [5.74, 6) is 0. The van der Waals surface area contributed by atoms with Gasteiger partial charge in [0.1, 0.15) is 0 Å². The molecule has 0 saturated carbocycles. The first-order valence-corrected chi connectivity index (χ1v) is 2.35. The van der Waals surface area contributed by atoms with E-state index >= 15 is 0 Å². The number of rotatable bonds is 3. The van der Waals surface area contributed by atoms with Crippen molar-refractivity contribution < 1.29 is 4.79 Å². The van der Waals surface area contributed by atoms with Crippen LogP contribution in [0.15, 0.2) is 11.9 Å². The molecular weight excluding hydrogens is 104 g/mol. The number of hydrogen-bond acceptors (Lipinski definition) is 3. The van der Waals surface area contributed by atoms with Crippen molar-refractivity contribution in [1.82, 2.24) is 10.6 Å². The van der Waals surface area contributed by atoms with Crippen LogP contribution in [-0.4, -0.2) is 20.4 Å². The molecule has 0 aliphatic carbocycles. The van der Waals surface area contributed by atoms with Crippen molar-refractivity contribution in [2.45, 2.75) is 0 Å². The van der Waals surface area contributed by atoms with Crippen molar-refractivity contribution in [1.29, 1.82) is 0 Å². The molecule has 0 heterocycles. The second kappa shape index (κ2) is 4.18. The predicted molar refractivity (Wildman–Crippen MR) is 32.3 cm³/mol. The fourth-order valence-electron chi connectivity index (χ4n) is 0.321. The quantitative estimate of drug-likeness (QED) is 0.382. The molecule has 3 heteroatoms. The molecule has 0 atom stereocenters. The first-order chi connectivity index (χ1) is 3.85. The van der Waals surface area contributed by atoms with E-state index in [9.17, 15) is 4.79 Å². The summed E-state index contributed by atoms with van der Waals surface area (Å²) in [6.45, 7) is 0. The van der Waals surface area contributed by atoms with E-state index in [2.05, 4.69) is 10.6 Å². The molecule has 0 fully saturated rings. The Labute approximate surface area is 48.8 Å². The standard InChI is InChI=1S/C5H10N2O/c1-6-3-5(4-8)7-2/h3-4,6-7H,1-2H3/b5-3-. The van der Waals surface area contributed by atoms with Gasteiger partial charge in [-0.1, -0.05) is 0 Å². The summed E-state index contributed by atoms with van der Waals surface area (Å²) in [5.41, 5.74) is 0.549. The second-order valence-corrected chi connectivity index (χ2v) is 1.26. The summed E-state index contributed by atoms with van der Waals surface area (Å²) in [6.07, 6.45) is 2.34. The lowest BCUT2D eigenvalue weighted by Crippen LogP contribution is -2.10. The van der Waals surface area contributed by atoms with Crippen molar-refractivity contribution in [3.05, 3.63) is 11.9 Å². The second-order valence-electron chi connectivity index (χ2n) is 1.26. The minimum atomic E-state index is 0.549. The molecule has 0 aromatic heterocycles. The van der Waals surface area contributed by atoms with Gasteiger partial charge in [-0.2, -0.15) is 0 Å².